The Bertz CT molecular complexity index is 659. The van der Waals surface area contributed by atoms with Gasteiger partial charge in [0.25, 0.3) is 5.91 Å². The smallest absolute Gasteiger partial charge is 0.253 e. The number of nitrogens with one attached hydrogen (secondary N) is 1. The lowest BCUT2D eigenvalue weighted by atomic mass is 10.0. The minimum atomic E-state index is -0.452. The molecule has 0 bridgehead atoms. The van der Waals surface area contributed by atoms with Crippen LogP contribution in [0.15, 0.2) is 24.4 Å². The van der Waals surface area contributed by atoms with Crippen molar-refractivity contribution in [2.45, 2.75) is 18.9 Å². The van der Waals surface area contributed by atoms with E-state index in [0.29, 0.717) is 5.56 Å². The molecule has 1 aromatic heterocycles. The van der Waals surface area contributed by atoms with Crippen molar-refractivity contribution in [3.05, 3.63) is 40.8 Å². The molecule has 5 nitrogen and oxygen atoms in total. The molecule has 1 N–H and O–H groups in total. The first-order chi connectivity index (χ1) is 10.6. The maximum absolute atomic E-state index is 13.0. The van der Waals surface area contributed by atoms with Gasteiger partial charge in [0.15, 0.2) is 5.82 Å². The normalized spacial score (nSPS) is 15.8. The van der Waals surface area contributed by atoms with Crippen LogP contribution < -0.4 is 10.2 Å². The van der Waals surface area contributed by atoms with E-state index in [9.17, 15) is 9.18 Å². The Balaban J connectivity index is 1.57. The van der Waals surface area contributed by atoms with Crippen molar-refractivity contribution in [2.24, 2.45) is 0 Å². The van der Waals surface area contributed by atoms with Crippen molar-refractivity contribution in [3.8, 4) is 0 Å². The van der Waals surface area contributed by atoms with Crippen LogP contribution in [0.3, 0.4) is 0 Å². The van der Waals surface area contributed by atoms with Crippen LogP contribution in [0.25, 0.3) is 0 Å². The summed E-state index contributed by atoms with van der Waals surface area (Å²) in [5.74, 6) is 0.168. The number of nitrogens with zero attached hydrogens (tertiary/aromatic N) is 3. The molecule has 2 aromatic rings. The van der Waals surface area contributed by atoms with Crippen molar-refractivity contribution < 1.29 is 9.18 Å². The van der Waals surface area contributed by atoms with E-state index >= 15 is 0 Å². The van der Waals surface area contributed by atoms with Crippen LogP contribution in [-0.2, 0) is 0 Å². The summed E-state index contributed by atoms with van der Waals surface area (Å²) in [5.41, 5.74) is 0.300. The van der Waals surface area contributed by atoms with Crippen molar-refractivity contribution >= 4 is 35.1 Å². The summed E-state index contributed by atoms with van der Waals surface area (Å²) < 4.78 is 21.2. The number of carbonyl (C=O) groups excluding carboxylic acids is 1. The van der Waals surface area contributed by atoms with E-state index in [1.54, 1.807) is 6.20 Å². The number of halogens is 2. The molecule has 2 heterocycles. The highest BCUT2D eigenvalue weighted by molar-refractivity contribution is 6.99. The minimum absolute atomic E-state index is 0.0801. The summed E-state index contributed by atoms with van der Waals surface area (Å²) in [6.45, 7) is 1.63. The minimum Gasteiger partial charge on any atom is -0.354 e. The Morgan fingerprint density at radius 2 is 2.18 bits per heavy atom. The first-order valence-electron chi connectivity index (χ1n) is 6.92. The van der Waals surface area contributed by atoms with Crippen molar-refractivity contribution in [1.82, 2.24) is 14.1 Å². The van der Waals surface area contributed by atoms with Gasteiger partial charge in [0.2, 0.25) is 0 Å². The van der Waals surface area contributed by atoms with Gasteiger partial charge in [0, 0.05) is 19.1 Å². The second kappa shape index (κ2) is 6.58. The maximum atomic E-state index is 13.0. The molecule has 22 heavy (non-hydrogen) atoms. The number of hydrogen-bond donors (Lipinski definition) is 1. The number of piperidine rings is 1. The fraction of sp³-hybridized carbons (Fsp3) is 0.357. The lowest BCUT2D eigenvalue weighted by molar-refractivity contribution is 0.0931. The van der Waals surface area contributed by atoms with Gasteiger partial charge in [0.05, 0.1) is 28.5 Å². The molecule has 0 atom stereocenters. The van der Waals surface area contributed by atoms with Crippen LogP contribution in [0, 0.1) is 5.82 Å². The van der Waals surface area contributed by atoms with Crippen LogP contribution in [-0.4, -0.2) is 33.8 Å². The van der Waals surface area contributed by atoms with Crippen LogP contribution in [0.1, 0.15) is 23.2 Å². The van der Waals surface area contributed by atoms with Gasteiger partial charge in [-0.2, -0.15) is 8.75 Å². The van der Waals surface area contributed by atoms with E-state index in [2.05, 4.69) is 19.0 Å². The van der Waals surface area contributed by atoms with Gasteiger partial charge >= 0.3 is 0 Å². The summed E-state index contributed by atoms with van der Waals surface area (Å²) in [4.78, 5) is 14.4. The molecule has 0 spiro atoms. The van der Waals surface area contributed by atoms with Gasteiger partial charge in [-0.25, -0.2) is 4.39 Å². The predicted octanol–water partition coefficient (Wildman–Crippen LogP) is 2.73. The zero-order valence-electron chi connectivity index (χ0n) is 11.6. The highest BCUT2D eigenvalue weighted by Crippen LogP contribution is 2.20. The van der Waals surface area contributed by atoms with Crippen LogP contribution in [0.5, 0.6) is 0 Å². The van der Waals surface area contributed by atoms with Crippen molar-refractivity contribution in [3.63, 3.8) is 0 Å². The van der Waals surface area contributed by atoms with Crippen LogP contribution >= 0.6 is 23.3 Å². The highest BCUT2D eigenvalue weighted by atomic mass is 35.5. The fourth-order valence-electron chi connectivity index (χ4n) is 2.49. The molecule has 8 heteroatoms. The fourth-order valence-corrected chi connectivity index (χ4v) is 3.18. The number of hydrogen-bond acceptors (Lipinski definition) is 5. The van der Waals surface area contributed by atoms with E-state index in [1.807, 2.05) is 0 Å². The maximum Gasteiger partial charge on any atom is 0.253 e. The predicted molar refractivity (Wildman–Crippen MR) is 84.0 cm³/mol. The number of rotatable bonds is 3. The quantitative estimate of drug-likeness (QED) is 0.933. The number of amides is 1. The van der Waals surface area contributed by atoms with E-state index in [1.165, 1.54) is 23.9 Å². The second-order valence-corrected chi connectivity index (χ2v) is 6.09. The molecule has 0 unspecified atom stereocenters. The van der Waals surface area contributed by atoms with Gasteiger partial charge in [-0.15, -0.1) is 0 Å². The molecule has 1 fully saturated rings. The van der Waals surface area contributed by atoms with Gasteiger partial charge < -0.3 is 10.2 Å². The average Bonchev–Trinajstić information content (AvgIpc) is 3.02. The zero-order chi connectivity index (χ0) is 15.5. The summed E-state index contributed by atoms with van der Waals surface area (Å²) in [6, 6.07) is 3.87. The Morgan fingerprint density at radius 3 is 2.82 bits per heavy atom. The molecule has 0 saturated carbocycles. The summed E-state index contributed by atoms with van der Waals surface area (Å²) >= 11 is 7.10. The van der Waals surface area contributed by atoms with Crippen molar-refractivity contribution in [1.29, 1.82) is 0 Å². The molecule has 1 aliphatic heterocycles. The monoisotopic (exact) mass is 340 g/mol. The van der Waals surface area contributed by atoms with E-state index < -0.39 is 5.82 Å². The van der Waals surface area contributed by atoms with E-state index in [-0.39, 0.29) is 17.0 Å². The van der Waals surface area contributed by atoms with Gasteiger partial charge in [0.1, 0.15) is 5.82 Å². The summed E-state index contributed by atoms with van der Waals surface area (Å²) in [7, 11) is 0. The molecule has 1 aliphatic rings. The highest BCUT2D eigenvalue weighted by Gasteiger charge is 2.23. The lowest BCUT2D eigenvalue weighted by Crippen LogP contribution is -2.44. The number of anilines is 1. The van der Waals surface area contributed by atoms with Gasteiger partial charge in [-0.1, -0.05) is 11.6 Å². The third kappa shape index (κ3) is 3.36. The largest absolute Gasteiger partial charge is 0.354 e. The van der Waals surface area contributed by atoms with Crippen LogP contribution in [0.4, 0.5) is 10.2 Å². The molecular weight excluding hydrogens is 327 g/mol. The molecule has 116 valence electrons. The summed E-state index contributed by atoms with van der Waals surface area (Å²) in [5, 5.41) is 3.08. The van der Waals surface area contributed by atoms with Crippen LogP contribution in [0.2, 0.25) is 5.02 Å². The topological polar surface area (TPSA) is 58.1 Å². The Morgan fingerprint density at radius 1 is 1.41 bits per heavy atom. The molecule has 0 radical (unpaired) electrons. The first-order valence-corrected chi connectivity index (χ1v) is 8.03. The number of carbonyl (C=O) groups is 1. The van der Waals surface area contributed by atoms with E-state index in [4.69, 9.17) is 11.6 Å². The standard InChI is InChI=1S/C14H14ClFN4OS/c15-12-7-9(16)1-2-11(12)14(21)18-10-3-5-20(6-4-10)13-8-17-22-19-13/h1-2,7-8,10H,3-6H2,(H,18,21). The number of aromatic nitrogens is 2. The second-order valence-electron chi connectivity index (χ2n) is 5.12. The number of benzene rings is 1. The Kier molecular flexibility index (Phi) is 4.54. The lowest BCUT2D eigenvalue weighted by Gasteiger charge is -2.32. The van der Waals surface area contributed by atoms with Crippen molar-refractivity contribution in [2.75, 3.05) is 18.0 Å². The molecule has 1 amide bonds. The average molecular weight is 341 g/mol. The molecular formula is C14H14ClFN4OS. The first kappa shape index (κ1) is 15.2. The van der Waals surface area contributed by atoms with Gasteiger partial charge in [-0.3, -0.25) is 4.79 Å². The zero-order valence-corrected chi connectivity index (χ0v) is 13.2. The SMILES string of the molecule is O=C(NC1CCN(c2cnsn2)CC1)c1ccc(F)cc1Cl. The van der Waals surface area contributed by atoms with E-state index in [0.717, 1.165) is 37.8 Å². The third-order valence-electron chi connectivity index (χ3n) is 3.68. The Labute approximate surface area is 136 Å². The summed E-state index contributed by atoms with van der Waals surface area (Å²) in [6.07, 6.45) is 3.39. The Hall–Kier alpha value is -1.73. The molecule has 1 aromatic carbocycles. The third-order valence-corrected chi connectivity index (χ3v) is 4.46. The molecule has 0 aliphatic carbocycles. The van der Waals surface area contributed by atoms with Gasteiger partial charge in [-0.05, 0) is 31.0 Å². The molecule has 1 saturated heterocycles. The molecule has 3 rings (SSSR count).